The summed E-state index contributed by atoms with van der Waals surface area (Å²) in [6.45, 7) is 3.16. The molecule has 1 aliphatic rings. The lowest BCUT2D eigenvalue weighted by Crippen LogP contribution is -2.36. The first-order chi connectivity index (χ1) is 15.0. The minimum Gasteiger partial charge on any atom is -0.314 e. The van der Waals surface area contributed by atoms with E-state index in [4.69, 9.17) is 23.2 Å². The third-order valence-electron chi connectivity index (χ3n) is 5.41. The molecule has 1 saturated heterocycles. The Kier molecular flexibility index (Phi) is 6.43. The molecule has 0 spiro atoms. The van der Waals surface area contributed by atoms with E-state index in [1.807, 2.05) is 31.2 Å². The van der Waals surface area contributed by atoms with E-state index in [-0.39, 0.29) is 22.8 Å². The number of likely N-dealkylation sites (tertiary alicyclic amines) is 1. The van der Waals surface area contributed by atoms with Crippen molar-refractivity contribution >= 4 is 34.9 Å². The van der Waals surface area contributed by atoms with Crippen LogP contribution in [0.5, 0.6) is 0 Å². The second kappa shape index (κ2) is 9.24. The van der Waals surface area contributed by atoms with Crippen LogP contribution in [-0.4, -0.2) is 32.2 Å². The minimum atomic E-state index is -0.573. The van der Waals surface area contributed by atoms with Crippen molar-refractivity contribution in [2.24, 2.45) is 0 Å². The number of amides is 2. The molecule has 2 aromatic carbocycles. The van der Waals surface area contributed by atoms with Gasteiger partial charge in [-0.3, -0.25) is 0 Å². The molecular formula is C22H22Cl2FN5O. The number of anilines is 1. The van der Waals surface area contributed by atoms with Gasteiger partial charge in [0, 0.05) is 23.0 Å². The van der Waals surface area contributed by atoms with Gasteiger partial charge < -0.3 is 14.8 Å². The van der Waals surface area contributed by atoms with Gasteiger partial charge in [-0.05, 0) is 48.7 Å². The summed E-state index contributed by atoms with van der Waals surface area (Å²) in [5, 5.41) is 12.4. The van der Waals surface area contributed by atoms with Gasteiger partial charge in [-0.1, -0.05) is 42.3 Å². The molecule has 0 saturated carbocycles. The molecule has 2 amide bonds. The maximum absolute atomic E-state index is 14.1. The molecule has 0 bridgehead atoms. The molecule has 1 aliphatic heterocycles. The number of carbonyl (C=O) groups excluding carboxylic acids is 1. The second-order valence-corrected chi connectivity index (χ2v) is 8.32. The molecule has 162 valence electrons. The average Bonchev–Trinajstić information content (AvgIpc) is 3.38. The Labute approximate surface area is 190 Å². The van der Waals surface area contributed by atoms with Gasteiger partial charge in [-0.2, -0.15) is 0 Å². The average molecular weight is 462 g/mol. The number of hydrogen-bond donors (Lipinski definition) is 1. The molecule has 1 aromatic heterocycles. The van der Waals surface area contributed by atoms with Crippen LogP contribution in [-0.2, 0) is 13.0 Å². The van der Waals surface area contributed by atoms with E-state index in [0.717, 1.165) is 36.5 Å². The van der Waals surface area contributed by atoms with Crippen molar-refractivity contribution in [1.82, 2.24) is 19.7 Å². The quantitative estimate of drug-likeness (QED) is 0.529. The highest BCUT2D eigenvalue weighted by Crippen LogP contribution is 2.32. The Morgan fingerprint density at radius 1 is 1.16 bits per heavy atom. The number of benzene rings is 2. The fourth-order valence-corrected chi connectivity index (χ4v) is 4.14. The van der Waals surface area contributed by atoms with Crippen LogP contribution in [0.4, 0.5) is 14.9 Å². The Morgan fingerprint density at radius 2 is 1.90 bits per heavy atom. The highest BCUT2D eigenvalue weighted by Gasteiger charge is 2.34. The van der Waals surface area contributed by atoms with Gasteiger partial charge in [-0.25, -0.2) is 9.18 Å². The van der Waals surface area contributed by atoms with Crippen molar-refractivity contribution in [2.45, 2.75) is 38.8 Å². The lowest BCUT2D eigenvalue weighted by atomic mass is 10.2. The van der Waals surface area contributed by atoms with E-state index >= 15 is 0 Å². The van der Waals surface area contributed by atoms with E-state index in [1.54, 1.807) is 4.90 Å². The molecular weight excluding hydrogens is 440 g/mol. The van der Waals surface area contributed by atoms with Crippen molar-refractivity contribution in [3.8, 4) is 0 Å². The molecule has 1 atom stereocenters. The van der Waals surface area contributed by atoms with Gasteiger partial charge in [0.25, 0.3) is 0 Å². The fourth-order valence-electron chi connectivity index (χ4n) is 3.86. The molecule has 3 aromatic rings. The number of rotatable bonds is 5. The predicted octanol–water partition coefficient (Wildman–Crippen LogP) is 5.70. The van der Waals surface area contributed by atoms with Gasteiger partial charge >= 0.3 is 6.03 Å². The molecule has 1 fully saturated rings. The standard InChI is InChI=1S/C22H22Cl2FN5O/c1-2-20-27-28-21(30(20)13-14-5-7-15(23)8-6-14)19-4-3-11-29(19)22(31)26-18-10-9-16(24)12-17(18)25/h5-10,12,19H,2-4,11,13H2,1H3,(H,26,31)/t19-/m1/s1. The zero-order valence-corrected chi connectivity index (χ0v) is 18.5. The lowest BCUT2D eigenvalue weighted by Gasteiger charge is -2.25. The number of aromatic nitrogens is 3. The molecule has 1 N–H and O–H groups in total. The zero-order chi connectivity index (χ0) is 22.0. The number of aryl methyl sites for hydroxylation is 1. The monoisotopic (exact) mass is 461 g/mol. The molecule has 0 aliphatic carbocycles. The largest absolute Gasteiger partial charge is 0.322 e. The summed E-state index contributed by atoms with van der Waals surface area (Å²) >= 11 is 11.8. The van der Waals surface area contributed by atoms with Gasteiger partial charge in [0.15, 0.2) is 5.82 Å². The minimum absolute atomic E-state index is 0.0944. The van der Waals surface area contributed by atoms with Gasteiger partial charge in [0.1, 0.15) is 11.6 Å². The third kappa shape index (κ3) is 4.67. The summed E-state index contributed by atoms with van der Waals surface area (Å²) in [5.41, 5.74) is 1.16. The molecule has 6 nitrogen and oxygen atoms in total. The van der Waals surface area contributed by atoms with Crippen LogP contribution < -0.4 is 5.32 Å². The molecule has 9 heteroatoms. The first-order valence-corrected chi connectivity index (χ1v) is 10.9. The Morgan fingerprint density at radius 3 is 2.61 bits per heavy atom. The highest BCUT2D eigenvalue weighted by atomic mass is 35.5. The van der Waals surface area contributed by atoms with E-state index in [1.165, 1.54) is 18.2 Å². The van der Waals surface area contributed by atoms with Crippen molar-refractivity contribution in [2.75, 3.05) is 11.9 Å². The SMILES string of the molecule is CCc1nnc([C@H]2CCCN2C(=O)Nc2ccc(Cl)cc2F)n1Cc1ccc(Cl)cc1. The summed E-state index contributed by atoms with van der Waals surface area (Å²) < 4.78 is 16.2. The van der Waals surface area contributed by atoms with E-state index < -0.39 is 5.82 Å². The van der Waals surface area contributed by atoms with Crippen LogP contribution in [0.1, 0.15) is 43.0 Å². The van der Waals surface area contributed by atoms with Crippen LogP contribution in [0.25, 0.3) is 0 Å². The van der Waals surface area contributed by atoms with Gasteiger partial charge in [-0.15, -0.1) is 10.2 Å². The number of halogens is 3. The Bertz CT molecular complexity index is 1090. The maximum Gasteiger partial charge on any atom is 0.322 e. The number of hydrogen-bond acceptors (Lipinski definition) is 3. The molecule has 31 heavy (non-hydrogen) atoms. The summed E-state index contributed by atoms with van der Waals surface area (Å²) in [5.74, 6) is 1.01. The van der Waals surface area contributed by atoms with Crippen molar-refractivity contribution in [3.63, 3.8) is 0 Å². The van der Waals surface area contributed by atoms with Crippen LogP contribution in [0, 0.1) is 5.82 Å². The Balaban J connectivity index is 1.58. The van der Waals surface area contributed by atoms with Crippen LogP contribution >= 0.6 is 23.2 Å². The number of carbonyl (C=O) groups is 1. The lowest BCUT2D eigenvalue weighted by molar-refractivity contribution is 0.203. The molecule has 0 unspecified atom stereocenters. The predicted molar refractivity (Wildman–Crippen MR) is 119 cm³/mol. The zero-order valence-electron chi connectivity index (χ0n) is 17.0. The van der Waals surface area contributed by atoms with E-state index in [0.29, 0.717) is 18.1 Å². The van der Waals surface area contributed by atoms with Crippen molar-refractivity contribution in [3.05, 3.63) is 75.5 Å². The number of nitrogens with one attached hydrogen (secondary N) is 1. The summed E-state index contributed by atoms with van der Waals surface area (Å²) in [4.78, 5) is 14.7. The summed E-state index contributed by atoms with van der Waals surface area (Å²) in [7, 11) is 0. The second-order valence-electron chi connectivity index (χ2n) is 7.45. The molecule has 4 rings (SSSR count). The first kappa shape index (κ1) is 21.6. The topological polar surface area (TPSA) is 63.1 Å². The highest BCUT2D eigenvalue weighted by molar-refractivity contribution is 6.30. The molecule has 0 radical (unpaired) electrons. The smallest absolute Gasteiger partial charge is 0.314 e. The normalized spacial score (nSPS) is 16.0. The van der Waals surface area contributed by atoms with Gasteiger partial charge in [0.2, 0.25) is 0 Å². The van der Waals surface area contributed by atoms with Crippen LogP contribution in [0.3, 0.4) is 0 Å². The maximum atomic E-state index is 14.1. The third-order valence-corrected chi connectivity index (χ3v) is 5.90. The summed E-state index contributed by atoms with van der Waals surface area (Å²) in [6.07, 6.45) is 2.31. The summed E-state index contributed by atoms with van der Waals surface area (Å²) in [6, 6.07) is 11.2. The Hall–Kier alpha value is -2.64. The fraction of sp³-hybridized carbons (Fsp3) is 0.318. The number of nitrogens with zero attached hydrogens (tertiary/aromatic N) is 4. The number of urea groups is 1. The van der Waals surface area contributed by atoms with Gasteiger partial charge in [0.05, 0.1) is 18.3 Å². The van der Waals surface area contributed by atoms with E-state index in [2.05, 4.69) is 20.1 Å². The molecule has 2 heterocycles. The van der Waals surface area contributed by atoms with Crippen molar-refractivity contribution < 1.29 is 9.18 Å². The first-order valence-electron chi connectivity index (χ1n) is 10.2. The van der Waals surface area contributed by atoms with E-state index in [9.17, 15) is 9.18 Å². The van der Waals surface area contributed by atoms with Crippen molar-refractivity contribution in [1.29, 1.82) is 0 Å². The van der Waals surface area contributed by atoms with Crippen LogP contribution in [0.2, 0.25) is 10.0 Å². The van der Waals surface area contributed by atoms with Crippen LogP contribution in [0.15, 0.2) is 42.5 Å².